The molecule has 0 N–H and O–H groups in total. The molecular formula is C15H17ClIN3. The maximum atomic E-state index is 6.27. The third kappa shape index (κ3) is 3.11. The van der Waals surface area contributed by atoms with E-state index in [2.05, 4.69) is 59.4 Å². The zero-order chi connectivity index (χ0) is 15.1. The Labute approximate surface area is 138 Å². The Hall–Kier alpha value is -0.750. The monoisotopic (exact) mass is 401 g/mol. The highest BCUT2D eigenvalue weighted by molar-refractivity contribution is 14.1. The number of aryl methyl sites for hydroxylation is 2. The van der Waals surface area contributed by atoms with Crippen LogP contribution in [0.1, 0.15) is 37.6 Å². The van der Waals surface area contributed by atoms with E-state index in [0.29, 0.717) is 11.0 Å². The number of aromatic nitrogens is 3. The van der Waals surface area contributed by atoms with Gasteiger partial charge in [-0.25, -0.2) is 9.97 Å². The van der Waals surface area contributed by atoms with Crippen molar-refractivity contribution in [1.82, 2.24) is 15.0 Å². The van der Waals surface area contributed by atoms with E-state index in [1.165, 1.54) is 0 Å². The minimum atomic E-state index is -0.0869. The number of rotatable bonds is 1. The Kier molecular flexibility index (Phi) is 4.35. The van der Waals surface area contributed by atoms with Gasteiger partial charge in [-0.15, -0.1) is 0 Å². The largest absolute Gasteiger partial charge is 0.252 e. The van der Waals surface area contributed by atoms with Gasteiger partial charge in [0.25, 0.3) is 0 Å². The van der Waals surface area contributed by atoms with Gasteiger partial charge in [0.05, 0.1) is 9.26 Å². The third-order valence-electron chi connectivity index (χ3n) is 2.95. The summed E-state index contributed by atoms with van der Waals surface area (Å²) in [5.74, 6) is 0.595. The highest BCUT2D eigenvalue weighted by Crippen LogP contribution is 2.31. The van der Waals surface area contributed by atoms with Crippen LogP contribution in [0, 0.1) is 17.4 Å². The Bertz CT molecular complexity index is 663. The SMILES string of the molecule is Cc1cnc(-c2nc(Cl)c(I)c(C(C)(C)C)n2)c(C)c1. The van der Waals surface area contributed by atoms with Gasteiger partial charge in [-0.2, -0.15) is 0 Å². The molecule has 5 heteroatoms. The molecule has 0 fully saturated rings. The minimum Gasteiger partial charge on any atom is -0.252 e. The van der Waals surface area contributed by atoms with Crippen molar-refractivity contribution in [2.24, 2.45) is 0 Å². The molecule has 0 saturated carbocycles. The van der Waals surface area contributed by atoms with Gasteiger partial charge in [-0.3, -0.25) is 4.98 Å². The van der Waals surface area contributed by atoms with Crippen molar-refractivity contribution in [3.8, 4) is 11.5 Å². The van der Waals surface area contributed by atoms with E-state index in [1.807, 2.05) is 20.0 Å². The van der Waals surface area contributed by atoms with Crippen LogP contribution in [0.15, 0.2) is 12.3 Å². The molecule has 0 amide bonds. The zero-order valence-corrected chi connectivity index (χ0v) is 15.2. The van der Waals surface area contributed by atoms with Crippen LogP contribution in [0.5, 0.6) is 0 Å². The lowest BCUT2D eigenvalue weighted by molar-refractivity contribution is 0.563. The Morgan fingerprint density at radius 2 is 1.80 bits per heavy atom. The molecule has 0 unspecified atom stereocenters. The molecule has 20 heavy (non-hydrogen) atoms. The van der Waals surface area contributed by atoms with Crippen LogP contribution in [0.4, 0.5) is 0 Å². The second-order valence-corrected chi connectivity index (χ2v) is 7.37. The lowest BCUT2D eigenvalue weighted by Gasteiger charge is -2.20. The summed E-state index contributed by atoms with van der Waals surface area (Å²) in [4.78, 5) is 13.5. The molecule has 2 aromatic heterocycles. The first-order valence-electron chi connectivity index (χ1n) is 6.37. The average molecular weight is 402 g/mol. The maximum Gasteiger partial charge on any atom is 0.180 e. The standard InChI is InChI=1S/C15H17ClIN3/c1-8-6-9(2)11(18-7-8)14-19-12(15(3,4)5)10(17)13(16)20-14/h6-7H,1-5H3. The predicted octanol–water partition coefficient (Wildman–Crippen LogP) is 4.71. The zero-order valence-electron chi connectivity index (χ0n) is 12.3. The summed E-state index contributed by atoms with van der Waals surface area (Å²) in [6.07, 6.45) is 1.83. The van der Waals surface area contributed by atoms with E-state index in [9.17, 15) is 0 Å². The summed E-state index contributed by atoms with van der Waals surface area (Å²) in [5, 5.41) is 0.488. The van der Waals surface area contributed by atoms with Gasteiger partial charge in [0.2, 0.25) is 0 Å². The average Bonchev–Trinajstić information content (AvgIpc) is 2.31. The van der Waals surface area contributed by atoms with Gasteiger partial charge in [-0.05, 0) is 47.6 Å². The molecule has 0 radical (unpaired) electrons. The predicted molar refractivity (Wildman–Crippen MR) is 91.2 cm³/mol. The number of pyridine rings is 1. The van der Waals surface area contributed by atoms with Crippen LogP contribution in [-0.4, -0.2) is 15.0 Å². The first-order valence-corrected chi connectivity index (χ1v) is 7.83. The van der Waals surface area contributed by atoms with Crippen LogP contribution in [-0.2, 0) is 5.41 Å². The van der Waals surface area contributed by atoms with Gasteiger partial charge in [-0.1, -0.05) is 38.4 Å². The van der Waals surface area contributed by atoms with Crippen LogP contribution in [0.25, 0.3) is 11.5 Å². The fourth-order valence-corrected chi connectivity index (χ4v) is 3.19. The molecule has 2 rings (SSSR count). The van der Waals surface area contributed by atoms with Crippen LogP contribution in [0.3, 0.4) is 0 Å². The van der Waals surface area contributed by atoms with Crippen molar-refractivity contribution in [3.63, 3.8) is 0 Å². The van der Waals surface area contributed by atoms with Crippen molar-refractivity contribution in [1.29, 1.82) is 0 Å². The van der Waals surface area contributed by atoms with Crippen LogP contribution >= 0.6 is 34.2 Å². The van der Waals surface area contributed by atoms with Crippen molar-refractivity contribution < 1.29 is 0 Å². The molecule has 0 saturated heterocycles. The van der Waals surface area contributed by atoms with Gasteiger partial charge >= 0.3 is 0 Å². The van der Waals surface area contributed by atoms with Crippen molar-refractivity contribution >= 4 is 34.2 Å². The summed E-state index contributed by atoms with van der Waals surface area (Å²) in [7, 11) is 0. The second-order valence-electron chi connectivity index (χ2n) is 5.93. The van der Waals surface area contributed by atoms with E-state index in [4.69, 9.17) is 16.6 Å². The minimum absolute atomic E-state index is 0.0869. The van der Waals surface area contributed by atoms with Gasteiger partial charge in [0.15, 0.2) is 5.82 Å². The highest BCUT2D eigenvalue weighted by Gasteiger charge is 2.23. The van der Waals surface area contributed by atoms with E-state index in [0.717, 1.165) is 26.1 Å². The van der Waals surface area contributed by atoms with E-state index in [1.54, 1.807) is 0 Å². The molecule has 0 aliphatic rings. The van der Waals surface area contributed by atoms with Crippen LogP contribution in [0.2, 0.25) is 5.15 Å². The number of hydrogen-bond donors (Lipinski definition) is 0. The van der Waals surface area contributed by atoms with Gasteiger partial charge in [0, 0.05) is 11.6 Å². The number of halogens is 2. The summed E-state index contributed by atoms with van der Waals surface area (Å²) in [6.45, 7) is 10.4. The molecule has 0 spiro atoms. The molecular weight excluding hydrogens is 385 g/mol. The number of nitrogens with zero attached hydrogens (tertiary/aromatic N) is 3. The Balaban J connectivity index is 2.67. The lowest BCUT2D eigenvalue weighted by Crippen LogP contribution is -2.17. The molecule has 2 heterocycles. The second kappa shape index (κ2) is 5.56. The van der Waals surface area contributed by atoms with E-state index >= 15 is 0 Å². The molecule has 3 nitrogen and oxygen atoms in total. The van der Waals surface area contributed by atoms with Gasteiger partial charge < -0.3 is 0 Å². The quantitative estimate of drug-likeness (QED) is 0.513. The van der Waals surface area contributed by atoms with Gasteiger partial charge in [0.1, 0.15) is 10.8 Å². The molecule has 2 aromatic rings. The molecule has 0 aliphatic carbocycles. The molecule has 0 atom stereocenters. The van der Waals surface area contributed by atoms with Crippen molar-refractivity contribution in [2.45, 2.75) is 40.0 Å². The lowest BCUT2D eigenvalue weighted by atomic mass is 9.92. The topological polar surface area (TPSA) is 38.7 Å². The molecule has 0 bridgehead atoms. The Morgan fingerprint density at radius 3 is 2.35 bits per heavy atom. The molecule has 0 aliphatic heterocycles. The highest BCUT2D eigenvalue weighted by atomic mass is 127. The fraction of sp³-hybridized carbons (Fsp3) is 0.400. The fourth-order valence-electron chi connectivity index (χ4n) is 1.97. The normalized spacial score (nSPS) is 11.8. The Morgan fingerprint density at radius 1 is 1.15 bits per heavy atom. The van der Waals surface area contributed by atoms with E-state index in [-0.39, 0.29) is 5.41 Å². The van der Waals surface area contributed by atoms with Crippen molar-refractivity contribution in [2.75, 3.05) is 0 Å². The summed E-state index contributed by atoms with van der Waals surface area (Å²) >= 11 is 8.47. The third-order valence-corrected chi connectivity index (χ3v) is 4.56. The van der Waals surface area contributed by atoms with E-state index < -0.39 is 0 Å². The first-order chi connectivity index (χ1) is 9.20. The van der Waals surface area contributed by atoms with Crippen molar-refractivity contribution in [3.05, 3.63) is 37.8 Å². The smallest absolute Gasteiger partial charge is 0.180 e. The summed E-state index contributed by atoms with van der Waals surface area (Å²) in [5.41, 5.74) is 3.84. The molecule has 106 valence electrons. The maximum absolute atomic E-state index is 6.27. The summed E-state index contributed by atoms with van der Waals surface area (Å²) < 4.78 is 0.908. The first kappa shape index (κ1) is 15.6. The number of hydrogen-bond acceptors (Lipinski definition) is 3. The summed E-state index contributed by atoms with van der Waals surface area (Å²) in [6, 6.07) is 2.08. The van der Waals surface area contributed by atoms with Crippen LogP contribution < -0.4 is 0 Å². The molecule has 0 aromatic carbocycles.